The van der Waals surface area contributed by atoms with Crippen molar-refractivity contribution in [2.45, 2.75) is 32.3 Å². The highest BCUT2D eigenvalue weighted by molar-refractivity contribution is 5.94. The second-order valence-corrected chi connectivity index (χ2v) is 6.40. The number of amides is 1. The van der Waals surface area contributed by atoms with Gasteiger partial charge in [-0.3, -0.25) is 4.79 Å². The largest absolute Gasteiger partial charge is 0.493 e. The number of ether oxygens (including phenoxy) is 2. The molecule has 1 fully saturated rings. The van der Waals surface area contributed by atoms with Crippen molar-refractivity contribution in [2.24, 2.45) is 0 Å². The third kappa shape index (κ3) is 4.28. The van der Waals surface area contributed by atoms with Crippen molar-refractivity contribution in [1.29, 1.82) is 0 Å². The number of hydrogen-bond acceptors (Lipinski definition) is 4. The van der Waals surface area contributed by atoms with Crippen LogP contribution >= 0.6 is 0 Å². The van der Waals surface area contributed by atoms with Gasteiger partial charge in [0, 0.05) is 24.5 Å². The third-order valence-electron chi connectivity index (χ3n) is 4.61. The van der Waals surface area contributed by atoms with E-state index in [9.17, 15) is 4.79 Å². The van der Waals surface area contributed by atoms with Crippen LogP contribution in [-0.2, 0) is 4.79 Å². The molecule has 2 aromatic rings. The molecule has 1 aliphatic rings. The van der Waals surface area contributed by atoms with Crippen molar-refractivity contribution in [3.05, 3.63) is 48.5 Å². The Morgan fingerprint density at radius 2 is 1.73 bits per heavy atom. The number of nitrogens with zero attached hydrogens (tertiary/aromatic N) is 1. The van der Waals surface area contributed by atoms with Crippen LogP contribution in [0.15, 0.2) is 48.5 Å². The summed E-state index contributed by atoms with van der Waals surface area (Å²) in [7, 11) is 1.59. The molecule has 0 aromatic heterocycles. The molecular formula is C21H26N2O3. The summed E-state index contributed by atoms with van der Waals surface area (Å²) in [5.41, 5.74) is 1.98. The first-order valence-electron chi connectivity index (χ1n) is 9.17. The Labute approximate surface area is 154 Å². The van der Waals surface area contributed by atoms with E-state index in [1.807, 2.05) is 37.3 Å². The van der Waals surface area contributed by atoms with Crippen LogP contribution in [-0.4, -0.2) is 32.2 Å². The van der Waals surface area contributed by atoms with Gasteiger partial charge in [-0.1, -0.05) is 19.1 Å². The highest BCUT2D eigenvalue weighted by atomic mass is 16.5. The molecule has 0 aliphatic carbocycles. The molecule has 0 unspecified atom stereocenters. The molecule has 5 nitrogen and oxygen atoms in total. The number of carbonyl (C=O) groups excluding carboxylic acids is 1. The molecule has 1 saturated heterocycles. The molecule has 1 N–H and O–H groups in total. The number of para-hydroxylation sites is 2. The molecular weight excluding hydrogens is 328 g/mol. The van der Waals surface area contributed by atoms with E-state index in [0.717, 1.165) is 18.8 Å². The molecule has 26 heavy (non-hydrogen) atoms. The molecule has 5 heteroatoms. The summed E-state index contributed by atoms with van der Waals surface area (Å²) in [6.45, 7) is 4.14. The zero-order valence-corrected chi connectivity index (χ0v) is 15.4. The second-order valence-electron chi connectivity index (χ2n) is 6.40. The summed E-state index contributed by atoms with van der Waals surface area (Å²) in [4.78, 5) is 15.0. The van der Waals surface area contributed by atoms with E-state index in [2.05, 4.69) is 22.3 Å². The lowest BCUT2D eigenvalue weighted by Crippen LogP contribution is -2.32. The Morgan fingerprint density at radius 3 is 2.35 bits per heavy atom. The molecule has 1 amide bonds. The fraction of sp³-hybridized carbons (Fsp3) is 0.381. The Kier molecular flexibility index (Phi) is 6.00. The topological polar surface area (TPSA) is 50.8 Å². The summed E-state index contributed by atoms with van der Waals surface area (Å²) in [6, 6.07) is 15.4. The van der Waals surface area contributed by atoms with Crippen LogP contribution in [0.1, 0.15) is 26.2 Å². The van der Waals surface area contributed by atoms with Crippen LogP contribution in [0.5, 0.6) is 11.5 Å². The first-order chi connectivity index (χ1) is 12.7. The Bertz CT molecular complexity index is 724. The molecule has 2 aromatic carbocycles. The van der Waals surface area contributed by atoms with Crippen molar-refractivity contribution in [3.63, 3.8) is 0 Å². The molecule has 1 atom stereocenters. The van der Waals surface area contributed by atoms with E-state index in [4.69, 9.17) is 9.47 Å². The van der Waals surface area contributed by atoms with E-state index in [-0.39, 0.29) is 5.91 Å². The normalized spacial score (nSPS) is 14.8. The number of benzene rings is 2. The maximum atomic E-state index is 12.6. The predicted molar refractivity (Wildman–Crippen MR) is 104 cm³/mol. The molecule has 1 aliphatic heterocycles. The number of carbonyl (C=O) groups is 1. The van der Waals surface area contributed by atoms with Crippen LogP contribution < -0.4 is 19.7 Å². The van der Waals surface area contributed by atoms with Crippen LogP contribution in [0.25, 0.3) is 0 Å². The highest BCUT2D eigenvalue weighted by Crippen LogP contribution is 2.28. The second kappa shape index (κ2) is 8.61. The zero-order valence-electron chi connectivity index (χ0n) is 15.4. The van der Waals surface area contributed by atoms with Crippen molar-refractivity contribution in [1.82, 2.24) is 0 Å². The third-order valence-corrected chi connectivity index (χ3v) is 4.61. The Balaban J connectivity index is 1.63. The Morgan fingerprint density at radius 1 is 1.08 bits per heavy atom. The summed E-state index contributed by atoms with van der Waals surface area (Å²) >= 11 is 0. The fourth-order valence-electron chi connectivity index (χ4n) is 3.15. The summed E-state index contributed by atoms with van der Waals surface area (Å²) in [5, 5.41) is 2.95. The maximum Gasteiger partial charge on any atom is 0.265 e. The standard InChI is InChI=1S/C21H26N2O3/c1-3-18(26-20-9-5-4-8-19(20)25-2)21(24)22-16-10-12-17(13-11-16)23-14-6-7-15-23/h4-5,8-13,18H,3,6-7,14-15H2,1-2H3,(H,22,24)/t18-/m1/s1. The smallest absolute Gasteiger partial charge is 0.265 e. The monoisotopic (exact) mass is 354 g/mol. The van der Waals surface area contributed by atoms with Crippen molar-refractivity contribution in [2.75, 3.05) is 30.4 Å². The number of rotatable bonds is 7. The van der Waals surface area contributed by atoms with Gasteiger partial charge in [-0.2, -0.15) is 0 Å². The van der Waals surface area contributed by atoms with Crippen LogP contribution in [0.2, 0.25) is 0 Å². The van der Waals surface area contributed by atoms with Gasteiger partial charge in [0.25, 0.3) is 5.91 Å². The number of methoxy groups -OCH3 is 1. The molecule has 0 radical (unpaired) electrons. The van der Waals surface area contributed by atoms with Crippen molar-refractivity contribution < 1.29 is 14.3 Å². The zero-order chi connectivity index (χ0) is 18.4. The highest BCUT2D eigenvalue weighted by Gasteiger charge is 2.20. The van der Waals surface area contributed by atoms with Gasteiger partial charge in [-0.15, -0.1) is 0 Å². The van der Waals surface area contributed by atoms with Gasteiger partial charge in [0.15, 0.2) is 17.6 Å². The maximum absolute atomic E-state index is 12.6. The quantitative estimate of drug-likeness (QED) is 0.814. The van der Waals surface area contributed by atoms with Crippen LogP contribution in [0.3, 0.4) is 0 Å². The van der Waals surface area contributed by atoms with E-state index in [1.54, 1.807) is 13.2 Å². The average Bonchev–Trinajstić information content (AvgIpc) is 3.21. The van der Waals surface area contributed by atoms with Gasteiger partial charge in [-0.25, -0.2) is 0 Å². The van der Waals surface area contributed by atoms with Gasteiger partial charge < -0.3 is 19.7 Å². The lowest BCUT2D eigenvalue weighted by atomic mass is 10.2. The SMILES string of the molecule is CC[C@@H](Oc1ccccc1OC)C(=O)Nc1ccc(N2CCCC2)cc1. The minimum atomic E-state index is -0.579. The summed E-state index contributed by atoms with van der Waals surface area (Å²) < 4.78 is 11.2. The molecule has 0 spiro atoms. The molecule has 1 heterocycles. The fourth-order valence-corrected chi connectivity index (χ4v) is 3.15. The number of hydrogen-bond donors (Lipinski definition) is 1. The number of anilines is 2. The van der Waals surface area contributed by atoms with Crippen molar-refractivity contribution in [3.8, 4) is 11.5 Å². The van der Waals surface area contributed by atoms with Crippen LogP contribution in [0.4, 0.5) is 11.4 Å². The lowest BCUT2D eigenvalue weighted by Gasteiger charge is -2.20. The van der Waals surface area contributed by atoms with Gasteiger partial charge in [0.2, 0.25) is 0 Å². The first kappa shape index (κ1) is 18.1. The molecule has 138 valence electrons. The van der Waals surface area contributed by atoms with E-state index < -0.39 is 6.10 Å². The van der Waals surface area contributed by atoms with E-state index >= 15 is 0 Å². The molecule has 0 bridgehead atoms. The first-order valence-corrected chi connectivity index (χ1v) is 9.17. The lowest BCUT2D eigenvalue weighted by molar-refractivity contribution is -0.122. The Hall–Kier alpha value is -2.69. The van der Waals surface area contributed by atoms with Crippen molar-refractivity contribution >= 4 is 17.3 Å². The minimum Gasteiger partial charge on any atom is -0.493 e. The van der Waals surface area contributed by atoms with Gasteiger partial charge in [-0.05, 0) is 55.7 Å². The minimum absolute atomic E-state index is 0.160. The van der Waals surface area contributed by atoms with Gasteiger partial charge >= 0.3 is 0 Å². The van der Waals surface area contributed by atoms with Crippen LogP contribution in [0, 0.1) is 0 Å². The molecule has 3 rings (SSSR count). The van der Waals surface area contributed by atoms with Gasteiger partial charge in [0.1, 0.15) is 0 Å². The summed E-state index contributed by atoms with van der Waals surface area (Å²) in [5.74, 6) is 1.03. The van der Waals surface area contributed by atoms with Gasteiger partial charge in [0.05, 0.1) is 7.11 Å². The van der Waals surface area contributed by atoms with E-state index in [1.165, 1.54) is 18.5 Å². The summed E-state index contributed by atoms with van der Waals surface area (Å²) in [6.07, 6.45) is 2.48. The molecule has 0 saturated carbocycles. The average molecular weight is 354 g/mol. The predicted octanol–water partition coefficient (Wildman–Crippen LogP) is 4.09. The number of nitrogens with one attached hydrogen (secondary N) is 1. The van der Waals surface area contributed by atoms with E-state index in [0.29, 0.717) is 17.9 Å².